The predicted octanol–water partition coefficient (Wildman–Crippen LogP) is 1.37. The highest BCUT2D eigenvalue weighted by molar-refractivity contribution is 7.91. The molecular formula is C16H24N2O3S. The number of aryl methyl sites for hydroxylation is 1. The molecule has 1 fully saturated rings. The van der Waals surface area contributed by atoms with Crippen molar-refractivity contribution in [3.8, 4) is 0 Å². The lowest BCUT2D eigenvalue weighted by Gasteiger charge is -2.24. The second-order valence-electron chi connectivity index (χ2n) is 5.81. The van der Waals surface area contributed by atoms with Gasteiger partial charge >= 0.3 is 0 Å². The molecule has 0 bridgehead atoms. The Hall–Kier alpha value is -1.56. The van der Waals surface area contributed by atoms with E-state index in [0.29, 0.717) is 19.5 Å². The number of amides is 1. The van der Waals surface area contributed by atoms with Crippen molar-refractivity contribution in [2.45, 2.75) is 20.3 Å². The topological polar surface area (TPSA) is 66.5 Å². The molecule has 1 atom stereocenters. The summed E-state index contributed by atoms with van der Waals surface area (Å²) in [5.74, 6) is -0.385. The second kappa shape index (κ2) is 7.13. The van der Waals surface area contributed by atoms with Crippen molar-refractivity contribution in [2.75, 3.05) is 36.0 Å². The highest BCUT2D eigenvalue weighted by Gasteiger charge is 2.32. The summed E-state index contributed by atoms with van der Waals surface area (Å²) in [7, 11) is -3.01. The minimum absolute atomic E-state index is 0.00575. The summed E-state index contributed by atoms with van der Waals surface area (Å²) in [6.07, 6.45) is 0.448. The molecule has 1 aromatic carbocycles. The molecule has 1 aromatic rings. The van der Waals surface area contributed by atoms with Gasteiger partial charge in [-0.1, -0.05) is 12.1 Å². The zero-order chi connectivity index (χ0) is 16.2. The molecule has 0 aromatic heterocycles. The van der Waals surface area contributed by atoms with Crippen molar-refractivity contribution < 1.29 is 13.2 Å². The molecular weight excluding hydrogens is 300 g/mol. The fourth-order valence-electron chi connectivity index (χ4n) is 2.75. The van der Waals surface area contributed by atoms with Crippen LogP contribution in [0.25, 0.3) is 0 Å². The molecule has 1 aliphatic heterocycles. The Morgan fingerprint density at radius 3 is 2.77 bits per heavy atom. The van der Waals surface area contributed by atoms with E-state index in [-0.39, 0.29) is 23.3 Å². The summed E-state index contributed by atoms with van der Waals surface area (Å²) in [4.78, 5) is 14.2. The summed E-state index contributed by atoms with van der Waals surface area (Å²) in [6.45, 7) is 6.23. The fraction of sp³-hybridized carbons (Fsp3) is 0.562. The number of sulfone groups is 1. The number of anilines is 1. The lowest BCUT2D eigenvalue weighted by Crippen LogP contribution is -2.38. The Morgan fingerprint density at radius 1 is 1.41 bits per heavy atom. The standard InChI is InChI=1S/C16H24N2O3S/c1-3-18(15-6-4-5-13(2)11-15)9-8-17-16(19)14-7-10-22(20,21)12-14/h4-6,11,14H,3,7-10,12H2,1-2H3,(H,17,19). The Balaban J connectivity index is 1.83. The molecule has 22 heavy (non-hydrogen) atoms. The maximum Gasteiger partial charge on any atom is 0.224 e. The number of rotatable bonds is 6. The molecule has 1 heterocycles. The minimum atomic E-state index is -3.01. The smallest absolute Gasteiger partial charge is 0.224 e. The van der Waals surface area contributed by atoms with Gasteiger partial charge in [0.2, 0.25) is 5.91 Å². The first kappa shape index (κ1) is 16.8. The molecule has 122 valence electrons. The Labute approximate surface area is 132 Å². The molecule has 1 aliphatic rings. The third kappa shape index (κ3) is 4.47. The van der Waals surface area contributed by atoms with Gasteiger partial charge in [-0.05, 0) is 38.0 Å². The monoisotopic (exact) mass is 324 g/mol. The van der Waals surface area contributed by atoms with Crippen LogP contribution >= 0.6 is 0 Å². The number of likely N-dealkylation sites (N-methyl/N-ethyl adjacent to an activating group) is 1. The summed E-state index contributed by atoms with van der Waals surface area (Å²) >= 11 is 0. The van der Waals surface area contributed by atoms with Gasteiger partial charge in [0.1, 0.15) is 0 Å². The van der Waals surface area contributed by atoms with Gasteiger partial charge in [-0.15, -0.1) is 0 Å². The number of benzene rings is 1. The maximum absolute atomic E-state index is 12.0. The van der Waals surface area contributed by atoms with Crippen molar-refractivity contribution in [3.63, 3.8) is 0 Å². The lowest BCUT2D eigenvalue weighted by atomic mass is 10.1. The first-order chi connectivity index (χ1) is 10.4. The van der Waals surface area contributed by atoms with Crippen molar-refractivity contribution in [2.24, 2.45) is 5.92 Å². The van der Waals surface area contributed by atoms with Crippen LogP contribution < -0.4 is 10.2 Å². The van der Waals surface area contributed by atoms with Crippen LogP contribution in [0.2, 0.25) is 0 Å². The molecule has 6 heteroatoms. The third-order valence-corrected chi connectivity index (χ3v) is 5.80. The Kier molecular flexibility index (Phi) is 5.45. The van der Waals surface area contributed by atoms with Crippen LogP contribution in [0.3, 0.4) is 0 Å². The molecule has 5 nitrogen and oxygen atoms in total. The highest BCUT2D eigenvalue weighted by atomic mass is 32.2. The third-order valence-electron chi connectivity index (χ3n) is 4.03. The van der Waals surface area contributed by atoms with Crippen LogP contribution in [-0.2, 0) is 14.6 Å². The van der Waals surface area contributed by atoms with E-state index in [2.05, 4.69) is 42.3 Å². The average Bonchev–Trinajstić information content (AvgIpc) is 2.83. The van der Waals surface area contributed by atoms with E-state index in [1.165, 1.54) is 5.56 Å². The molecule has 1 unspecified atom stereocenters. The fourth-order valence-corrected chi connectivity index (χ4v) is 4.50. The van der Waals surface area contributed by atoms with E-state index in [1.807, 2.05) is 6.07 Å². The predicted molar refractivity (Wildman–Crippen MR) is 88.8 cm³/mol. The zero-order valence-corrected chi connectivity index (χ0v) is 14.0. The Morgan fingerprint density at radius 2 is 2.18 bits per heavy atom. The van der Waals surface area contributed by atoms with Crippen LogP contribution in [0.4, 0.5) is 5.69 Å². The van der Waals surface area contributed by atoms with Crippen LogP contribution in [0.15, 0.2) is 24.3 Å². The first-order valence-electron chi connectivity index (χ1n) is 7.71. The molecule has 0 saturated carbocycles. The number of nitrogens with one attached hydrogen (secondary N) is 1. The average molecular weight is 324 g/mol. The summed E-state index contributed by atoms with van der Waals surface area (Å²) in [5, 5.41) is 2.87. The number of carbonyl (C=O) groups excluding carboxylic acids is 1. The minimum Gasteiger partial charge on any atom is -0.370 e. The van der Waals surface area contributed by atoms with Crippen LogP contribution in [-0.4, -0.2) is 45.5 Å². The van der Waals surface area contributed by atoms with E-state index in [1.54, 1.807) is 0 Å². The highest BCUT2D eigenvalue weighted by Crippen LogP contribution is 2.18. The summed E-state index contributed by atoms with van der Waals surface area (Å²) < 4.78 is 22.8. The normalized spacial score (nSPS) is 19.8. The van der Waals surface area contributed by atoms with Crippen molar-refractivity contribution in [1.82, 2.24) is 5.32 Å². The molecule has 1 saturated heterocycles. The van der Waals surface area contributed by atoms with E-state index in [0.717, 1.165) is 12.2 Å². The zero-order valence-electron chi connectivity index (χ0n) is 13.2. The summed E-state index contributed by atoms with van der Waals surface area (Å²) in [5.41, 5.74) is 2.34. The van der Waals surface area contributed by atoms with Gasteiger partial charge in [0, 0.05) is 25.3 Å². The van der Waals surface area contributed by atoms with Crippen LogP contribution in [0.5, 0.6) is 0 Å². The van der Waals surface area contributed by atoms with Gasteiger partial charge in [-0.2, -0.15) is 0 Å². The van der Waals surface area contributed by atoms with Gasteiger partial charge in [0.05, 0.1) is 17.4 Å². The van der Waals surface area contributed by atoms with Gasteiger partial charge in [-0.3, -0.25) is 4.79 Å². The maximum atomic E-state index is 12.0. The van der Waals surface area contributed by atoms with Crippen molar-refractivity contribution in [1.29, 1.82) is 0 Å². The van der Waals surface area contributed by atoms with Gasteiger partial charge < -0.3 is 10.2 Å². The first-order valence-corrected chi connectivity index (χ1v) is 9.53. The Bertz CT molecular complexity index is 628. The lowest BCUT2D eigenvalue weighted by molar-refractivity contribution is -0.124. The number of hydrogen-bond acceptors (Lipinski definition) is 4. The molecule has 1 N–H and O–H groups in total. The number of nitrogens with zero attached hydrogens (tertiary/aromatic N) is 1. The van der Waals surface area contributed by atoms with E-state index >= 15 is 0 Å². The van der Waals surface area contributed by atoms with Crippen molar-refractivity contribution >= 4 is 21.4 Å². The molecule has 1 amide bonds. The number of carbonyl (C=O) groups is 1. The molecule has 0 spiro atoms. The van der Waals surface area contributed by atoms with Gasteiger partial charge in [0.15, 0.2) is 9.84 Å². The molecule has 0 radical (unpaired) electrons. The van der Waals surface area contributed by atoms with Gasteiger partial charge in [0.25, 0.3) is 0 Å². The van der Waals surface area contributed by atoms with Gasteiger partial charge in [-0.25, -0.2) is 8.42 Å². The second-order valence-corrected chi connectivity index (χ2v) is 8.04. The summed E-state index contributed by atoms with van der Waals surface area (Å²) in [6, 6.07) is 8.26. The van der Waals surface area contributed by atoms with E-state index < -0.39 is 9.84 Å². The van der Waals surface area contributed by atoms with Crippen LogP contribution in [0.1, 0.15) is 18.9 Å². The quantitative estimate of drug-likeness (QED) is 0.858. The van der Waals surface area contributed by atoms with Crippen LogP contribution in [0, 0.1) is 12.8 Å². The van der Waals surface area contributed by atoms with Crippen molar-refractivity contribution in [3.05, 3.63) is 29.8 Å². The SMILES string of the molecule is CCN(CCNC(=O)C1CCS(=O)(=O)C1)c1cccc(C)c1. The molecule has 0 aliphatic carbocycles. The van der Waals surface area contributed by atoms with E-state index in [9.17, 15) is 13.2 Å². The largest absolute Gasteiger partial charge is 0.370 e. The molecule has 2 rings (SSSR count). The number of hydrogen-bond donors (Lipinski definition) is 1. The van der Waals surface area contributed by atoms with E-state index in [4.69, 9.17) is 0 Å².